The van der Waals surface area contributed by atoms with Crippen molar-refractivity contribution in [2.45, 2.75) is 38.4 Å². The second-order valence-corrected chi connectivity index (χ2v) is 6.51. The van der Waals surface area contributed by atoms with Crippen LogP contribution >= 0.6 is 23.4 Å². The number of nitro groups is 1. The number of nitrogens with one attached hydrogen (secondary N) is 1. The van der Waals surface area contributed by atoms with Gasteiger partial charge in [0.1, 0.15) is 5.82 Å². The van der Waals surface area contributed by atoms with E-state index in [1.54, 1.807) is 0 Å². The monoisotopic (exact) mass is 383 g/mol. The van der Waals surface area contributed by atoms with E-state index >= 15 is 0 Å². The normalized spacial score (nSPS) is 10.7. The molecule has 0 spiro atoms. The highest BCUT2D eigenvalue weighted by Gasteiger charge is 2.15. The van der Waals surface area contributed by atoms with E-state index in [1.807, 2.05) is 11.5 Å². The van der Waals surface area contributed by atoms with E-state index in [4.69, 9.17) is 11.6 Å². The van der Waals surface area contributed by atoms with Crippen LogP contribution in [0.15, 0.2) is 23.4 Å². The highest BCUT2D eigenvalue weighted by Crippen LogP contribution is 2.27. The molecule has 1 amide bonds. The van der Waals surface area contributed by atoms with Gasteiger partial charge in [-0.2, -0.15) is 0 Å². The molecule has 1 aromatic heterocycles. The van der Waals surface area contributed by atoms with Crippen LogP contribution in [0.2, 0.25) is 5.02 Å². The molecule has 2 rings (SSSR count). The Labute approximate surface area is 154 Å². The summed E-state index contributed by atoms with van der Waals surface area (Å²) in [6.07, 6.45) is 1.71. The molecule has 1 heterocycles. The molecule has 0 unspecified atom stereocenters. The summed E-state index contributed by atoms with van der Waals surface area (Å²) in [4.78, 5) is 22.4. The molecule has 0 fully saturated rings. The van der Waals surface area contributed by atoms with E-state index in [0.717, 1.165) is 25.2 Å². The standard InChI is InChI=1S/C15H18ClN5O3S/c1-3-7-20-13(4-2)18-19-15(20)25-9-14(22)17-12-8-10(21(23)24)5-6-11(12)16/h5-6,8H,3-4,7,9H2,1-2H3,(H,17,22). The summed E-state index contributed by atoms with van der Waals surface area (Å²) < 4.78 is 2.00. The quantitative estimate of drug-likeness (QED) is 0.424. The van der Waals surface area contributed by atoms with Crippen molar-refractivity contribution in [3.63, 3.8) is 0 Å². The highest BCUT2D eigenvalue weighted by molar-refractivity contribution is 7.99. The third-order valence-corrected chi connectivity index (χ3v) is 4.62. The van der Waals surface area contributed by atoms with Gasteiger partial charge in [0.2, 0.25) is 5.91 Å². The Morgan fingerprint density at radius 1 is 1.40 bits per heavy atom. The van der Waals surface area contributed by atoms with Crippen LogP contribution in [0, 0.1) is 10.1 Å². The molecule has 1 N–H and O–H groups in total. The molecular formula is C15H18ClN5O3S. The fourth-order valence-corrected chi connectivity index (χ4v) is 3.12. The number of carbonyl (C=O) groups excluding carboxylic acids is 1. The van der Waals surface area contributed by atoms with Crippen LogP contribution in [0.25, 0.3) is 0 Å². The summed E-state index contributed by atoms with van der Waals surface area (Å²) in [5.74, 6) is 0.660. The van der Waals surface area contributed by atoms with Gasteiger partial charge in [0, 0.05) is 25.1 Å². The number of nitro benzene ring substituents is 1. The zero-order valence-electron chi connectivity index (χ0n) is 13.9. The van der Waals surface area contributed by atoms with Gasteiger partial charge in [-0.05, 0) is 12.5 Å². The first kappa shape index (κ1) is 19.2. The summed E-state index contributed by atoms with van der Waals surface area (Å²) in [5, 5.41) is 22.6. The van der Waals surface area contributed by atoms with Crippen molar-refractivity contribution in [3.8, 4) is 0 Å². The van der Waals surface area contributed by atoms with Gasteiger partial charge in [0.05, 0.1) is 21.4 Å². The molecule has 0 aliphatic rings. The van der Waals surface area contributed by atoms with E-state index in [-0.39, 0.29) is 28.1 Å². The molecule has 2 aromatic rings. The summed E-state index contributed by atoms with van der Waals surface area (Å²) in [5.41, 5.74) is 0.0772. The van der Waals surface area contributed by atoms with Crippen LogP contribution in [-0.2, 0) is 17.8 Å². The Hall–Kier alpha value is -2.13. The Bertz CT molecular complexity index is 781. The van der Waals surface area contributed by atoms with Gasteiger partial charge in [-0.3, -0.25) is 14.9 Å². The van der Waals surface area contributed by atoms with E-state index < -0.39 is 4.92 Å². The first-order valence-electron chi connectivity index (χ1n) is 7.74. The lowest BCUT2D eigenvalue weighted by molar-refractivity contribution is -0.384. The SMILES string of the molecule is CCCn1c(CC)nnc1SCC(=O)Nc1cc([N+](=O)[O-])ccc1Cl. The zero-order valence-corrected chi connectivity index (χ0v) is 15.4. The van der Waals surface area contributed by atoms with E-state index in [0.29, 0.717) is 5.16 Å². The molecule has 1 aromatic carbocycles. The smallest absolute Gasteiger partial charge is 0.271 e. The minimum absolute atomic E-state index is 0.102. The maximum atomic E-state index is 12.1. The molecule has 0 saturated carbocycles. The van der Waals surface area contributed by atoms with Gasteiger partial charge in [0.25, 0.3) is 5.69 Å². The average Bonchev–Trinajstić information content (AvgIpc) is 2.97. The van der Waals surface area contributed by atoms with Crippen LogP contribution in [0.3, 0.4) is 0 Å². The van der Waals surface area contributed by atoms with Crippen LogP contribution < -0.4 is 5.32 Å². The van der Waals surface area contributed by atoms with E-state index in [2.05, 4.69) is 22.4 Å². The molecule has 0 aliphatic carbocycles. The summed E-state index contributed by atoms with van der Waals surface area (Å²) in [6.45, 7) is 4.85. The largest absolute Gasteiger partial charge is 0.324 e. The number of rotatable bonds is 8. The highest BCUT2D eigenvalue weighted by atomic mass is 35.5. The molecule has 0 bridgehead atoms. The predicted octanol–water partition coefficient (Wildman–Crippen LogP) is 3.54. The topological polar surface area (TPSA) is 103 Å². The number of non-ortho nitro benzene ring substituents is 1. The maximum absolute atomic E-state index is 12.1. The van der Waals surface area contributed by atoms with Crippen molar-refractivity contribution in [3.05, 3.63) is 39.2 Å². The Morgan fingerprint density at radius 3 is 2.80 bits per heavy atom. The van der Waals surface area contributed by atoms with Gasteiger partial charge in [-0.15, -0.1) is 10.2 Å². The fraction of sp³-hybridized carbons (Fsp3) is 0.400. The lowest BCUT2D eigenvalue weighted by Gasteiger charge is -2.09. The van der Waals surface area contributed by atoms with Gasteiger partial charge in [0.15, 0.2) is 5.16 Å². The molecule has 134 valence electrons. The number of anilines is 1. The van der Waals surface area contributed by atoms with Crippen molar-refractivity contribution in [1.82, 2.24) is 14.8 Å². The number of thioether (sulfide) groups is 1. The molecule has 0 radical (unpaired) electrons. The summed E-state index contributed by atoms with van der Waals surface area (Å²) in [7, 11) is 0. The molecule has 25 heavy (non-hydrogen) atoms. The number of hydrogen-bond acceptors (Lipinski definition) is 6. The maximum Gasteiger partial charge on any atom is 0.271 e. The van der Waals surface area contributed by atoms with Gasteiger partial charge < -0.3 is 9.88 Å². The Morgan fingerprint density at radius 2 is 2.16 bits per heavy atom. The molecule has 10 heteroatoms. The predicted molar refractivity (Wildman–Crippen MR) is 97.2 cm³/mol. The first-order chi connectivity index (χ1) is 12.0. The Kier molecular flexibility index (Phi) is 6.77. The average molecular weight is 384 g/mol. The Balaban J connectivity index is 2.03. The van der Waals surface area contributed by atoms with Gasteiger partial charge in [-0.1, -0.05) is 37.2 Å². The van der Waals surface area contributed by atoms with Crippen LogP contribution in [0.1, 0.15) is 26.1 Å². The third-order valence-electron chi connectivity index (χ3n) is 3.32. The lowest BCUT2D eigenvalue weighted by atomic mass is 10.3. The van der Waals surface area contributed by atoms with Crippen molar-refractivity contribution >= 4 is 40.6 Å². The number of halogens is 1. The van der Waals surface area contributed by atoms with Crippen molar-refractivity contribution in [2.24, 2.45) is 0 Å². The number of nitrogens with zero attached hydrogens (tertiary/aromatic N) is 4. The van der Waals surface area contributed by atoms with Crippen LogP contribution in [0.5, 0.6) is 0 Å². The molecule has 0 aliphatic heterocycles. The molecular weight excluding hydrogens is 366 g/mol. The minimum Gasteiger partial charge on any atom is -0.324 e. The van der Waals surface area contributed by atoms with Gasteiger partial charge >= 0.3 is 0 Å². The first-order valence-corrected chi connectivity index (χ1v) is 9.11. The number of aryl methyl sites for hydroxylation is 1. The third kappa shape index (κ3) is 4.93. The second kappa shape index (κ2) is 8.82. The van der Waals surface area contributed by atoms with E-state index in [9.17, 15) is 14.9 Å². The molecule has 8 nitrogen and oxygen atoms in total. The molecule has 0 saturated heterocycles. The van der Waals surface area contributed by atoms with Gasteiger partial charge in [-0.25, -0.2) is 0 Å². The number of amides is 1. The number of hydrogen-bond donors (Lipinski definition) is 1. The summed E-state index contributed by atoms with van der Waals surface area (Å²) in [6, 6.07) is 3.90. The van der Waals surface area contributed by atoms with Crippen molar-refractivity contribution in [1.29, 1.82) is 0 Å². The summed E-state index contributed by atoms with van der Waals surface area (Å²) >= 11 is 7.25. The number of carbonyl (C=O) groups is 1. The number of aromatic nitrogens is 3. The number of benzene rings is 1. The second-order valence-electron chi connectivity index (χ2n) is 5.16. The van der Waals surface area contributed by atoms with E-state index in [1.165, 1.54) is 30.0 Å². The van der Waals surface area contributed by atoms with Crippen molar-refractivity contribution < 1.29 is 9.72 Å². The van der Waals surface area contributed by atoms with Crippen LogP contribution in [-0.4, -0.2) is 31.3 Å². The lowest BCUT2D eigenvalue weighted by Crippen LogP contribution is -2.15. The zero-order chi connectivity index (χ0) is 18.4. The van der Waals surface area contributed by atoms with Crippen molar-refractivity contribution in [2.75, 3.05) is 11.1 Å². The minimum atomic E-state index is -0.541. The van der Waals surface area contributed by atoms with Crippen LogP contribution in [0.4, 0.5) is 11.4 Å². The molecule has 0 atom stereocenters. The fourth-order valence-electron chi connectivity index (χ4n) is 2.17.